The van der Waals surface area contributed by atoms with Crippen molar-refractivity contribution in [2.45, 2.75) is 13.3 Å². The summed E-state index contributed by atoms with van der Waals surface area (Å²) in [4.78, 5) is 12.5. The Morgan fingerprint density at radius 2 is 2.10 bits per heavy atom. The lowest BCUT2D eigenvalue weighted by atomic mass is 10.2. The Labute approximate surface area is 124 Å². The quantitative estimate of drug-likeness (QED) is 0.793. The first kappa shape index (κ1) is 16.8. The summed E-state index contributed by atoms with van der Waals surface area (Å²) in [5, 5.41) is 9.44. The summed E-state index contributed by atoms with van der Waals surface area (Å²) >= 11 is 5.88. The van der Waals surface area contributed by atoms with Crippen molar-refractivity contribution in [2.75, 3.05) is 29.5 Å². The molecule has 0 saturated carbocycles. The third-order valence-corrected chi connectivity index (χ3v) is 4.85. The van der Waals surface area contributed by atoms with Gasteiger partial charge in [-0.1, -0.05) is 24.6 Å². The number of carboxylic acids is 1. The van der Waals surface area contributed by atoms with Crippen LogP contribution in [0, 0.1) is 0 Å². The van der Waals surface area contributed by atoms with E-state index in [1.54, 1.807) is 36.1 Å². The molecule has 0 aliphatic carbocycles. The number of halogens is 1. The molecule has 0 aliphatic rings. The number of nitrogens with zero attached hydrogens (tertiary/aromatic N) is 1. The van der Waals surface area contributed by atoms with Crippen LogP contribution >= 0.6 is 11.6 Å². The number of aliphatic carboxylic acids is 1. The zero-order chi connectivity index (χ0) is 15.2. The molecule has 0 amide bonds. The minimum Gasteiger partial charge on any atom is -0.480 e. The summed E-state index contributed by atoms with van der Waals surface area (Å²) in [5.74, 6) is -0.813. The molecule has 0 aromatic heterocycles. The van der Waals surface area contributed by atoms with Gasteiger partial charge in [0.1, 0.15) is 16.4 Å². The van der Waals surface area contributed by atoms with Crippen molar-refractivity contribution in [3.8, 4) is 0 Å². The average Bonchev–Trinajstić information content (AvgIpc) is 2.37. The molecule has 0 radical (unpaired) electrons. The van der Waals surface area contributed by atoms with Gasteiger partial charge in [-0.15, -0.1) is 0 Å². The molecule has 20 heavy (non-hydrogen) atoms. The lowest BCUT2D eigenvalue weighted by Gasteiger charge is -2.23. The fourth-order valence-electron chi connectivity index (χ4n) is 1.76. The van der Waals surface area contributed by atoms with Crippen molar-refractivity contribution < 1.29 is 18.3 Å². The number of anilines is 1. The Morgan fingerprint density at radius 3 is 2.65 bits per heavy atom. The van der Waals surface area contributed by atoms with Crippen LogP contribution in [0.15, 0.2) is 24.3 Å². The summed E-state index contributed by atoms with van der Waals surface area (Å²) in [6.45, 7) is 1.76. The Balaban J connectivity index is 2.73. The Morgan fingerprint density at radius 1 is 1.40 bits per heavy atom. The van der Waals surface area contributed by atoms with E-state index in [0.29, 0.717) is 23.7 Å². The molecule has 1 N–H and O–H groups in total. The van der Waals surface area contributed by atoms with Crippen molar-refractivity contribution in [2.24, 2.45) is 0 Å². The Bertz CT molecular complexity index is 559. The number of benzene rings is 1. The number of rotatable bonds is 8. The fourth-order valence-corrected chi connectivity index (χ4v) is 2.80. The van der Waals surface area contributed by atoms with Gasteiger partial charge >= 0.3 is 5.97 Å². The maximum absolute atomic E-state index is 11.4. The lowest BCUT2D eigenvalue weighted by Crippen LogP contribution is -2.31. The molecule has 1 aromatic carbocycles. The van der Waals surface area contributed by atoms with Crippen molar-refractivity contribution in [3.05, 3.63) is 29.3 Å². The third kappa shape index (κ3) is 5.79. The normalized spacial score (nSPS) is 11.3. The van der Waals surface area contributed by atoms with E-state index in [0.717, 1.165) is 0 Å². The molecule has 0 fully saturated rings. The van der Waals surface area contributed by atoms with Crippen LogP contribution in [-0.4, -0.2) is 44.1 Å². The molecule has 1 rings (SSSR count). The SMILES string of the molecule is CCS(=O)(=O)CCCN(CC(=O)O)c1cccc(Cl)c1. The summed E-state index contributed by atoms with van der Waals surface area (Å²) < 4.78 is 22.9. The van der Waals surface area contributed by atoms with Crippen molar-refractivity contribution in [1.82, 2.24) is 0 Å². The number of carbonyl (C=O) groups is 1. The van der Waals surface area contributed by atoms with E-state index in [4.69, 9.17) is 16.7 Å². The molecule has 0 bridgehead atoms. The number of hydrogen-bond donors (Lipinski definition) is 1. The van der Waals surface area contributed by atoms with Gasteiger partial charge in [-0.05, 0) is 24.6 Å². The van der Waals surface area contributed by atoms with E-state index in [1.165, 1.54) is 0 Å². The van der Waals surface area contributed by atoms with Gasteiger partial charge in [0, 0.05) is 23.0 Å². The summed E-state index contributed by atoms with van der Waals surface area (Å²) in [6.07, 6.45) is 0.385. The van der Waals surface area contributed by atoms with Gasteiger partial charge in [-0.25, -0.2) is 8.42 Å². The zero-order valence-electron chi connectivity index (χ0n) is 11.3. The molecule has 112 valence electrons. The summed E-state index contributed by atoms with van der Waals surface area (Å²) in [6, 6.07) is 6.85. The predicted molar refractivity (Wildman–Crippen MR) is 80.2 cm³/mol. The van der Waals surface area contributed by atoms with E-state index in [1.807, 2.05) is 0 Å². The lowest BCUT2D eigenvalue weighted by molar-refractivity contribution is -0.135. The van der Waals surface area contributed by atoms with Gasteiger partial charge in [0.2, 0.25) is 0 Å². The fraction of sp³-hybridized carbons (Fsp3) is 0.462. The topological polar surface area (TPSA) is 74.7 Å². The first-order valence-corrected chi connectivity index (χ1v) is 8.46. The average molecular weight is 320 g/mol. The molecule has 7 heteroatoms. The molecular weight excluding hydrogens is 302 g/mol. The smallest absolute Gasteiger partial charge is 0.323 e. The van der Waals surface area contributed by atoms with Gasteiger partial charge in [0.05, 0.1) is 5.75 Å². The predicted octanol–water partition coefficient (Wildman–Crippen LogP) is 2.06. The molecule has 1 aromatic rings. The zero-order valence-corrected chi connectivity index (χ0v) is 12.8. The second-order valence-corrected chi connectivity index (χ2v) is 7.29. The highest BCUT2D eigenvalue weighted by Crippen LogP contribution is 2.19. The maximum Gasteiger partial charge on any atom is 0.323 e. The largest absolute Gasteiger partial charge is 0.480 e. The second-order valence-electron chi connectivity index (χ2n) is 4.39. The van der Waals surface area contributed by atoms with Gasteiger partial charge < -0.3 is 10.0 Å². The molecule has 0 unspecified atom stereocenters. The van der Waals surface area contributed by atoms with Gasteiger partial charge in [0.25, 0.3) is 0 Å². The first-order valence-electron chi connectivity index (χ1n) is 6.27. The van der Waals surface area contributed by atoms with Gasteiger partial charge in [-0.2, -0.15) is 0 Å². The molecule has 5 nitrogen and oxygen atoms in total. The Hall–Kier alpha value is -1.27. The van der Waals surface area contributed by atoms with Crippen LogP contribution in [0.1, 0.15) is 13.3 Å². The standard InChI is InChI=1S/C13H18ClNO4S/c1-2-20(18,19)8-4-7-15(10-13(16)17)12-6-3-5-11(14)9-12/h3,5-6,9H,2,4,7-8,10H2,1H3,(H,16,17). The minimum absolute atomic E-state index is 0.0557. The highest BCUT2D eigenvalue weighted by Gasteiger charge is 2.13. The molecule has 0 spiro atoms. The molecule has 0 saturated heterocycles. The van der Waals surface area contributed by atoms with Crippen LogP contribution in [-0.2, 0) is 14.6 Å². The van der Waals surface area contributed by atoms with E-state index in [-0.39, 0.29) is 18.1 Å². The van der Waals surface area contributed by atoms with E-state index in [9.17, 15) is 13.2 Å². The number of carboxylic acid groups (broad SMARTS) is 1. The van der Waals surface area contributed by atoms with E-state index < -0.39 is 15.8 Å². The Kier molecular flexibility index (Phi) is 6.29. The third-order valence-electron chi connectivity index (χ3n) is 2.82. The minimum atomic E-state index is -3.03. The van der Waals surface area contributed by atoms with Gasteiger partial charge in [0.15, 0.2) is 0 Å². The first-order chi connectivity index (χ1) is 9.34. The summed E-state index contributed by atoms with van der Waals surface area (Å²) in [5.41, 5.74) is 0.675. The highest BCUT2D eigenvalue weighted by molar-refractivity contribution is 7.91. The van der Waals surface area contributed by atoms with Crippen LogP contribution in [0.4, 0.5) is 5.69 Å². The van der Waals surface area contributed by atoms with Crippen molar-refractivity contribution in [1.29, 1.82) is 0 Å². The van der Waals surface area contributed by atoms with Crippen molar-refractivity contribution in [3.63, 3.8) is 0 Å². The van der Waals surface area contributed by atoms with E-state index >= 15 is 0 Å². The maximum atomic E-state index is 11.4. The highest BCUT2D eigenvalue weighted by atomic mass is 35.5. The molecular formula is C13H18ClNO4S. The van der Waals surface area contributed by atoms with Crippen LogP contribution in [0.5, 0.6) is 0 Å². The second kappa shape index (κ2) is 7.50. The molecule has 0 heterocycles. The van der Waals surface area contributed by atoms with Crippen molar-refractivity contribution >= 4 is 33.1 Å². The van der Waals surface area contributed by atoms with Crippen LogP contribution in [0.25, 0.3) is 0 Å². The summed E-state index contributed by atoms with van der Waals surface area (Å²) in [7, 11) is -3.03. The molecule has 0 atom stereocenters. The number of hydrogen-bond acceptors (Lipinski definition) is 4. The van der Waals surface area contributed by atoms with Crippen LogP contribution in [0.2, 0.25) is 5.02 Å². The number of sulfone groups is 1. The van der Waals surface area contributed by atoms with Crippen LogP contribution in [0.3, 0.4) is 0 Å². The molecule has 0 aliphatic heterocycles. The monoisotopic (exact) mass is 319 g/mol. The van der Waals surface area contributed by atoms with E-state index in [2.05, 4.69) is 0 Å². The van der Waals surface area contributed by atoms with Crippen LogP contribution < -0.4 is 4.90 Å². The van der Waals surface area contributed by atoms with Gasteiger partial charge in [-0.3, -0.25) is 4.79 Å².